The number of halogens is 1. The summed E-state index contributed by atoms with van der Waals surface area (Å²) in [5.74, 6) is 1.49. The Labute approximate surface area is 164 Å². The third kappa shape index (κ3) is 4.08. The van der Waals surface area contributed by atoms with E-state index in [1.165, 1.54) is 12.1 Å². The highest BCUT2D eigenvalue weighted by atomic mass is 32.1. The van der Waals surface area contributed by atoms with E-state index in [1.807, 2.05) is 24.3 Å². The summed E-state index contributed by atoms with van der Waals surface area (Å²) < 4.78 is 29.3. The van der Waals surface area contributed by atoms with Gasteiger partial charge in [0, 0.05) is 37.4 Å². The van der Waals surface area contributed by atoms with Gasteiger partial charge in [0.1, 0.15) is 10.8 Å². The molecule has 0 aliphatic carbocycles. The maximum absolute atomic E-state index is 13.1. The van der Waals surface area contributed by atoms with Crippen molar-refractivity contribution in [2.75, 3.05) is 52.4 Å². The Morgan fingerprint density at radius 1 is 0.889 bits per heavy atom. The second kappa shape index (κ2) is 8.43. The predicted octanol–water partition coefficient (Wildman–Crippen LogP) is 3.35. The van der Waals surface area contributed by atoms with Gasteiger partial charge in [0.2, 0.25) is 5.75 Å². The second-order valence-corrected chi connectivity index (χ2v) is 6.56. The number of anilines is 1. The molecule has 1 heterocycles. The van der Waals surface area contributed by atoms with Gasteiger partial charge >= 0.3 is 0 Å². The molecule has 0 saturated carbocycles. The van der Waals surface area contributed by atoms with Gasteiger partial charge < -0.3 is 24.0 Å². The molecule has 0 unspecified atom stereocenters. The summed E-state index contributed by atoms with van der Waals surface area (Å²) in [7, 11) is 4.75. The largest absolute Gasteiger partial charge is 0.493 e. The molecular weight excluding hydrogens is 367 g/mol. The van der Waals surface area contributed by atoms with E-state index < -0.39 is 0 Å². The second-order valence-electron chi connectivity index (χ2n) is 6.17. The molecule has 2 aromatic rings. The third-order valence-electron chi connectivity index (χ3n) is 4.67. The van der Waals surface area contributed by atoms with Gasteiger partial charge in [0.05, 0.1) is 21.3 Å². The summed E-state index contributed by atoms with van der Waals surface area (Å²) in [5, 5.41) is 0. The summed E-state index contributed by atoms with van der Waals surface area (Å²) in [6.07, 6.45) is 0. The molecule has 27 heavy (non-hydrogen) atoms. The van der Waals surface area contributed by atoms with Crippen LogP contribution in [0.25, 0.3) is 0 Å². The molecule has 0 aromatic heterocycles. The fraction of sp³-hybridized carbons (Fsp3) is 0.350. The zero-order valence-electron chi connectivity index (χ0n) is 15.7. The van der Waals surface area contributed by atoms with Crippen LogP contribution >= 0.6 is 12.2 Å². The zero-order valence-corrected chi connectivity index (χ0v) is 16.5. The van der Waals surface area contributed by atoms with Crippen LogP contribution in [0, 0.1) is 5.82 Å². The molecule has 0 N–H and O–H groups in total. The molecule has 0 amide bonds. The lowest BCUT2D eigenvalue weighted by molar-refractivity contribution is 0.324. The third-order valence-corrected chi connectivity index (χ3v) is 5.16. The number of hydrogen-bond acceptors (Lipinski definition) is 5. The van der Waals surface area contributed by atoms with Gasteiger partial charge in [-0.15, -0.1) is 0 Å². The van der Waals surface area contributed by atoms with Crippen molar-refractivity contribution in [2.45, 2.75) is 0 Å². The number of benzene rings is 2. The number of hydrogen-bond donors (Lipinski definition) is 0. The van der Waals surface area contributed by atoms with E-state index in [-0.39, 0.29) is 5.82 Å². The fourth-order valence-electron chi connectivity index (χ4n) is 3.21. The number of rotatable bonds is 5. The minimum atomic E-state index is -0.221. The topological polar surface area (TPSA) is 34.2 Å². The van der Waals surface area contributed by atoms with Crippen LogP contribution in [0.5, 0.6) is 17.2 Å². The number of thiocarbonyl (C=S) groups is 1. The lowest BCUT2D eigenvalue weighted by Crippen LogP contribution is -2.48. The first-order valence-electron chi connectivity index (χ1n) is 8.67. The maximum atomic E-state index is 13.1. The molecule has 5 nitrogen and oxygen atoms in total. The highest BCUT2D eigenvalue weighted by Gasteiger charge is 2.22. The molecule has 0 bridgehead atoms. The van der Waals surface area contributed by atoms with E-state index >= 15 is 0 Å². The van der Waals surface area contributed by atoms with Gasteiger partial charge in [-0.1, -0.05) is 12.2 Å². The molecule has 0 radical (unpaired) electrons. The molecule has 2 aromatic carbocycles. The average molecular weight is 390 g/mol. The number of nitrogens with zero attached hydrogens (tertiary/aromatic N) is 2. The van der Waals surface area contributed by atoms with Crippen LogP contribution in [0.1, 0.15) is 5.56 Å². The maximum Gasteiger partial charge on any atom is 0.203 e. The molecule has 1 fully saturated rings. The Morgan fingerprint density at radius 2 is 1.44 bits per heavy atom. The van der Waals surface area contributed by atoms with E-state index in [1.54, 1.807) is 21.3 Å². The minimum absolute atomic E-state index is 0.221. The van der Waals surface area contributed by atoms with E-state index in [4.69, 9.17) is 26.4 Å². The van der Waals surface area contributed by atoms with Crippen LogP contribution < -0.4 is 19.1 Å². The van der Waals surface area contributed by atoms with Gasteiger partial charge in [0.15, 0.2) is 11.5 Å². The Hall–Kier alpha value is -2.54. The number of methoxy groups -OCH3 is 3. The molecule has 7 heteroatoms. The average Bonchev–Trinajstić information content (AvgIpc) is 2.72. The highest BCUT2D eigenvalue weighted by molar-refractivity contribution is 7.80. The van der Waals surface area contributed by atoms with Gasteiger partial charge in [-0.25, -0.2) is 4.39 Å². The van der Waals surface area contributed by atoms with Crippen molar-refractivity contribution in [2.24, 2.45) is 0 Å². The van der Waals surface area contributed by atoms with E-state index in [9.17, 15) is 4.39 Å². The fourth-order valence-corrected chi connectivity index (χ4v) is 3.51. The number of ether oxygens (including phenoxy) is 3. The monoisotopic (exact) mass is 390 g/mol. The van der Waals surface area contributed by atoms with Crippen molar-refractivity contribution in [3.63, 3.8) is 0 Å². The Morgan fingerprint density at radius 3 is 1.93 bits per heavy atom. The smallest absolute Gasteiger partial charge is 0.203 e. The molecule has 1 aliphatic heterocycles. The molecular formula is C20H23FN2O3S. The van der Waals surface area contributed by atoms with Gasteiger partial charge in [-0.05, 0) is 36.4 Å². The molecule has 1 saturated heterocycles. The van der Waals surface area contributed by atoms with Crippen molar-refractivity contribution < 1.29 is 18.6 Å². The first-order chi connectivity index (χ1) is 13.1. The summed E-state index contributed by atoms with van der Waals surface area (Å²) >= 11 is 5.71. The van der Waals surface area contributed by atoms with Crippen molar-refractivity contribution in [1.82, 2.24) is 4.90 Å². The van der Waals surface area contributed by atoms with Gasteiger partial charge in [0.25, 0.3) is 0 Å². The van der Waals surface area contributed by atoms with E-state index in [2.05, 4.69) is 9.80 Å². The van der Waals surface area contributed by atoms with Crippen LogP contribution in [-0.2, 0) is 0 Å². The van der Waals surface area contributed by atoms with Crippen molar-refractivity contribution in [3.8, 4) is 17.2 Å². The van der Waals surface area contributed by atoms with Crippen LogP contribution in [0.4, 0.5) is 10.1 Å². The van der Waals surface area contributed by atoms with Crippen LogP contribution in [-0.4, -0.2) is 57.4 Å². The first-order valence-corrected chi connectivity index (χ1v) is 9.08. The molecule has 1 aliphatic rings. The Bertz CT molecular complexity index is 780. The standard InChI is InChI=1S/C20H23FN2O3S/c1-24-17-12-14(13-18(25-2)19(17)26-3)20(27)23-10-8-22(9-11-23)16-6-4-15(21)5-7-16/h4-7,12-13H,8-11H2,1-3H3. The molecule has 144 valence electrons. The molecule has 3 rings (SSSR count). The van der Waals surface area contributed by atoms with E-state index in [0.717, 1.165) is 42.4 Å². The lowest BCUT2D eigenvalue weighted by Gasteiger charge is -2.37. The summed E-state index contributed by atoms with van der Waals surface area (Å²) in [5.41, 5.74) is 1.88. The van der Waals surface area contributed by atoms with Crippen molar-refractivity contribution >= 4 is 22.9 Å². The van der Waals surface area contributed by atoms with Gasteiger partial charge in [-0.3, -0.25) is 0 Å². The van der Waals surface area contributed by atoms with Crippen LogP contribution in [0.2, 0.25) is 0 Å². The lowest BCUT2D eigenvalue weighted by atomic mass is 10.1. The van der Waals surface area contributed by atoms with Crippen molar-refractivity contribution in [1.29, 1.82) is 0 Å². The SMILES string of the molecule is COc1cc(C(=S)N2CCN(c3ccc(F)cc3)CC2)cc(OC)c1OC. The van der Waals surface area contributed by atoms with Crippen LogP contribution in [0.3, 0.4) is 0 Å². The minimum Gasteiger partial charge on any atom is -0.493 e. The quantitative estimate of drug-likeness (QED) is 0.729. The summed E-state index contributed by atoms with van der Waals surface area (Å²) in [6, 6.07) is 10.3. The van der Waals surface area contributed by atoms with Crippen LogP contribution in [0.15, 0.2) is 36.4 Å². The normalized spacial score (nSPS) is 14.1. The number of piperazine rings is 1. The predicted molar refractivity (Wildman–Crippen MR) is 108 cm³/mol. The summed E-state index contributed by atoms with van der Waals surface area (Å²) in [6.45, 7) is 3.20. The molecule has 0 atom stereocenters. The Kier molecular flexibility index (Phi) is 6.01. The van der Waals surface area contributed by atoms with Crippen molar-refractivity contribution in [3.05, 3.63) is 47.8 Å². The zero-order chi connectivity index (χ0) is 19.4. The first kappa shape index (κ1) is 19.2. The van der Waals surface area contributed by atoms with E-state index in [0.29, 0.717) is 17.2 Å². The highest BCUT2D eigenvalue weighted by Crippen LogP contribution is 2.38. The molecule has 0 spiro atoms. The summed E-state index contributed by atoms with van der Waals surface area (Å²) in [4.78, 5) is 5.14. The Balaban J connectivity index is 1.73. The van der Waals surface area contributed by atoms with Gasteiger partial charge in [-0.2, -0.15) is 0 Å².